The van der Waals surface area contributed by atoms with Crippen LogP contribution in [0.1, 0.15) is 48.0 Å². The SMILES string of the molecule is CCOC(=O)[C@@H]1[C@H]2CCOC(C)(O)[C@@]2(C)CN1C(=O)OC(C)(C)C. The molecule has 7 nitrogen and oxygen atoms in total. The van der Waals surface area contributed by atoms with Crippen LogP contribution in [0.15, 0.2) is 0 Å². The van der Waals surface area contributed by atoms with E-state index in [9.17, 15) is 14.7 Å². The van der Waals surface area contributed by atoms with Gasteiger partial charge in [0, 0.05) is 17.9 Å². The number of carbonyl (C=O) groups is 2. The van der Waals surface area contributed by atoms with Gasteiger partial charge < -0.3 is 19.3 Å². The van der Waals surface area contributed by atoms with Gasteiger partial charge in [-0.1, -0.05) is 6.92 Å². The maximum absolute atomic E-state index is 12.7. The number of rotatable bonds is 2. The molecule has 2 fully saturated rings. The Labute approximate surface area is 143 Å². The minimum atomic E-state index is -1.43. The maximum Gasteiger partial charge on any atom is 0.411 e. The highest BCUT2D eigenvalue weighted by Crippen LogP contribution is 2.52. The summed E-state index contributed by atoms with van der Waals surface area (Å²) < 4.78 is 16.2. The van der Waals surface area contributed by atoms with Crippen molar-refractivity contribution in [1.29, 1.82) is 0 Å². The normalized spacial score (nSPS) is 36.2. The van der Waals surface area contributed by atoms with Gasteiger partial charge in [0.1, 0.15) is 11.6 Å². The molecular formula is C17H29NO6. The van der Waals surface area contributed by atoms with Crippen molar-refractivity contribution in [2.45, 2.75) is 65.4 Å². The molecule has 4 atom stereocenters. The van der Waals surface area contributed by atoms with Crippen molar-refractivity contribution in [2.75, 3.05) is 19.8 Å². The second kappa shape index (κ2) is 6.19. The maximum atomic E-state index is 12.7. The van der Waals surface area contributed by atoms with Crippen LogP contribution in [-0.4, -0.2) is 59.3 Å². The standard InChI is InChI=1S/C17H29NO6/c1-7-22-13(19)12-11-8-9-23-17(6,21)16(11,5)10-18(12)14(20)24-15(2,3)4/h11-12,21H,7-10H2,1-6H3/t11-,12+,16+,17?/m1/s1. The molecule has 1 unspecified atom stereocenters. The molecule has 1 amide bonds. The molecule has 0 aliphatic carbocycles. The molecule has 2 heterocycles. The lowest BCUT2D eigenvalue weighted by atomic mass is 9.68. The van der Waals surface area contributed by atoms with Crippen LogP contribution in [0, 0.1) is 11.3 Å². The molecule has 2 rings (SSSR count). The summed E-state index contributed by atoms with van der Waals surface area (Å²) in [5, 5.41) is 10.7. The lowest BCUT2D eigenvalue weighted by Gasteiger charge is -2.47. The van der Waals surface area contributed by atoms with Crippen LogP contribution in [0.3, 0.4) is 0 Å². The van der Waals surface area contributed by atoms with Gasteiger partial charge in [-0.05, 0) is 41.0 Å². The van der Waals surface area contributed by atoms with Crippen LogP contribution >= 0.6 is 0 Å². The van der Waals surface area contributed by atoms with E-state index in [4.69, 9.17) is 14.2 Å². The largest absolute Gasteiger partial charge is 0.464 e. The Morgan fingerprint density at radius 2 is 1.96 bits per heavy atom. The van der Waals surface area contributed by atoms with Crippen molar-refractivity contribution >= 4 is 12.1 Å². The average Bonchev–Trinajstić information content (AvgIpc) is 2.73. The summed E-state index contributed by atoms with van der Waals surface area (Å²) in [6.45, 7) is 11.2. The minimum absolute atomic E-state index is 0.170. The molecular weight excluding hydrogens is 314 g/mol. The second-order valence-electron chi connectivity index (χ2n) is 7.95. The number of hydrogen-bond donors (Lipinski definition) is 1. The van der Waals surface area contributed by atoms with E-state index in [0.717, 1.165) is 0 Å². The quantitative estimate of drug-likeness (QED) is 0.771. The summed E-state index contributed by atoms with van der Waals surface area (Å²) in [5.41, 5.74) is -1.45. The number of aliphatic hydroxyl groups is 1. The number of ether oxygens (including phenoxy) is 3. The van der Waals surface area contributed by atoms with Crippen molar-refractivity contribution < 1.29 is 28.9 Å². The highest BCUT2D eigenvalue weighted by molar-refractivity contribution is 5.83. The van der Waals surface area contributed by atoms with Gasteiger partial charge in [-0.2, -0.15) is 0 Å². The second-order valence-corrected chi connectivity index (χ2v) is 7.95. The zero-order valence-electron chi connectivity index (χ0n) is 15.4. The Bertz CT molecular complexity index is 512. The van der Waals surface area contributed by atoms with Gasteiger partial charge >= 0.3 is 12.1 Å². The first kappa shape index (κ1) is 19.0. The molecule has 0 spiro atoms. The molecule has 0 aromatic carbocycles. The summed E-state index contributed by atoms with van der Waals surface area (Å²) >= 11 is 0. The summed E-state index contributed by atoms with van der Waals surface area (Å²) in [7, 11) is 0. The lowest BCUT2D eigenvalue weighted by molar-refractivity contribution is -0.289. The monoisotopic (exact) mass is 343 g/mol. The molecule has 2 aliphatic rings. The van der Waals surface area contributed by atoms with E-state index in [-0.39, 0.29) is 19.1 Å². The predicted octanol–water partition coefficient (Wildman–Crippen LogP) is 1.92. The van der Waals surface area contributed by atoms with Crippen molar-refractivity contribution in [2.24, 2.45) is 11.3 Å². The summed E-state index contributed by atoms with van der Waals surface area (Å²) in [6, 6.07) is -0.778. The molecule has 24 heavy (non-hydrogen) atoms. The Morgan fingerprint density at radius 1 is 1.33 bits per heavy atom. The number of likely N-dealkylation sites (tertiary alicyclic amines) is 1. The molecule has 0 bridgehead atoms. The fourth-order valence-corrected chi connectivity index (χ4v) is 3.67. The molecule has 1 N–H and O–H groups in total. The first-order valence-corrected chi connectivity index (χ1v) is 8.45. The summed E-state index contributed by atoms with van der Waals surface area (Å²) in [5.74, 6) is -2.15. The Hall–Kier alpha value is -1.34. The number of nitrogens with zero attached hydrogens (tertiary/aromatic N) is 1. The van der Waals surface area contributed by atoms with Gasteiger partial charge in [-0.25, -0.2) is 9.59 Å². The first-order valence-electron chi connectivity index (χ1n) is 8.45. The molecule has 0 radical (unpaired) electrons. The van der Waals surface area contributed by atoms with Gasteiger partial charge in [0.25, 0.3) is 0 Å². The third-order valence-electron chi connectivity index (χ3n) is 5.06. The van der Waals surface area contributed by atoms with E-state index in [1.807, 2.05) is 6.92 Å². The topological polar surface area (TPSA) is 85.3 Å². The third kappa shape index (κ3) is 3.24. The lowest BCUT2D eigenvalue weighted by Crippen LogP contribution is -2.55. The molecule has 0 saturated carbocycles. The molecule has 138 valence electrons. The number of carbonyl (C=O) groups excluding carboxylic acids is 2. The van der Waals surface area contributed by atoms with Crippen molar-refractivity contribution in [1.82, 2.24) is 4.90 Å². The van der Waals surface area contributed by atoms with Crippen LogP contribution < -0.4 is 0 Å². The predicted molar refractivity (Wildman–Crippen MR) is 86.2 cm³/mol. The number of esters is 1. The molecule has 2 saturated heterocycles. The molecule has 2 aliphatic heterocycles. The Kier molecular flexibility index (Phi) is 4.89. The van der Waals surface area contributed by atoms with Crippen LogP contribution in [0.25, 0.3) is 0 Å². The van der Waals surface area contributed by atoms with Gasteiger partial charge in [0.15, 0.2) is 5.79 Å². The fraction of sp³-hybridized carbons (Fsp3) is 0.882. The van der Waals surface area contributed by atoms with Crippen LogP contribution in [0.4, 0.5) is 4.79 Å². The van der Waals surface area contributed by atoms with Gasteiger partial charge in [0.05, 0.1) is 13.2 Å². The third-order valence-corrected chi connectivity index (χ3v) is 5.06. The van der Waals surface area contributed by atoms with Crippen LogP contribution in [-0.2, 0) is 19.0 Å². The van der Waals surface area contributed by atoms with Crippen molar-refractivity contribution in [3.8, 4) is 0 Å². The van der Waals surface area contributed by atoms with Gasteiger partial charge in [-0.3, -0.25) is 4.90 Å². The van der Waals surface area contributed by atoms with E-state index in [1.54, 1.807) is 34.6 Å². The highest BCUT2D eigenvalue weighted by atomic mass is 16.6. The Balaban J connectivity index is 2.37. The van der Waals surface area contributed by atoms with E-state index >= 15 is 0 Å². The summed E-state index contributed by atoms with van der Waals surface area (Å²) in [6.07, 6.45) is -0.0120. The fourth-order valence-electron chi connectivity index (χ4n) is 3.67. The van der Waals surface area contributed by atoms with Crippen molar-refractivity contribution in [3.63, 3.8) is 0 Å². The van der Waals surface area contributed by atoms with Crippen LogP contribution in [0.2, 0.25) is 0 Å². The average molecular weight is 343 g/mol. The van der Waals surface area contributed by atoms with E-state index in [0.29, 0.717) is 13.0 Å². The van der Waals surface area contributed by atoms with E-state index in [2.05, 4.69) is 0 Å². The number of fused-ring (bicyclic) bond motifs is 1. The zero-order valence-corrected chi connectivity index (χ0v) is 15.4. The minimum Gasteiger partial charge on any atom is -0.464 e. The first-order chi connectivity index (χ1) is 10.9. The van der Waals surface area contributed by atoms with E-state index in [1.165, 1.54) is 4.90 Å². The molecule has 0 aromatic rings. The smallest absolute Gasteiger partial charge is 0.411 e. The van der Waals surface area contributed by atoms with E-state index < -0.39 is 34.9 Å². The molecule has 0 aromatic heterocycles. The highest BCUT2D eigenvalue weighted by Gasteiger charge is 2.64. The summed E-state index contributed by atoms with van der Waals surface area (Å²) in [4.78, 5) is 26.6. The number of hydrogen-bond acceptors (Lipinski definition) is 6. The van der Waals surface area contributed by atoms with Gasteiger partial charge in [-0.15, -0.1) is 0 Å². The Morgan fingerprint density at radius 3 is 2.50 bits per heavy atom. The number of amides is 1. The van der Waals surface area contributed by atoms with Gasteiger partial charge in [0.2, 0.25) is 0 Å². The molecule has 7 heteroatoms. The van der Waals surface area contributed by atoms with Crippen molar-refractivity contribution in [3.05, 3.63) is 0 Å². The van der Waals surface area contributed by atoms with Crippen LogP contribution in [0.5, 0.6) is 0 Å². The zero-order chi connectivity index (χ0) is 18.3.